The van der Waals surface area contributed by atoms with Crippen LogP contribution in [0.25, 0.3) is 0 Å². The summed E-state index contributed by atoms with van der Waals surface area (Å²) < 4.78 is 4.71. The number of imide groups is 1. The third kappa shape index (κ3) is 7.57. The maximum atomic E-state index is 11.4. The molecule has 17 heavy (non-hydrogen) atoms. The molecule has 0 bridgehead atoms. The lowest BCUT2D eigenvalue weighted by Gasteiger charge is -2.16. The molecule has 0 aromatic carbocycles. The van der Waals surface area contributed by atoms with E-state index < -0.39 is 11.9 Å². The average molecular weight is 265 g/mol. The zero-order valence-corrected chi connectivity index (χ0v) is 10.7. The molecular formula is C10H17ClN2O4. The quantitative estimate of drug-likeness (QED) is 0.567. The van der Waals surface area contributed by atoms with Crippen LogP contribution < -0.4 is 5.32 Å². The van der Waals surface area contributed by atoms with E-state index in [1.807, 2.05) is 0 Å². The van der Waals surface area contributed by atoms with Crippen molar-refractivity contribution in [2.24, 2.45) is 0 Å². The van der Waals surface area contributed by atoms with Gasteiger partial charge in [-0.15, -0.1) is 11.6 Å². The summed E-state index contributed by atoms with van der Waals surface area (Å²) >= 11 is 5.35. The van der Waals surface area contributed by atoms with Crippen molar-refractivity contribution < 1.29 is 19.1 Å². The van der Waals surface area contributed by atoms with Crippen molar-refractivity contribution in [3.63, 3.8) is 0 Å². The Balaban J connectivity index is 3.89. The van der Waals surface area contributed by atoms with Crippen molar-refractivity contribution in [3.05, 3.63) is 0 Å². The zero-order chi connectivity index (χ0) is 13.3. The van der Waals surface area contributed by atoms with Gasteiger partial charge in [0.2, 0.25) is 5.91 Å². The molecule has 0 radical (unpaired) electrons. The molecule has 98 valence electrons. The summed E-state index contributed by atoms with van der Waals surface area (Å²) in [5, 5.41) is 2.15. The van der Waals surface area contributed by atoms with E-state index in [0.717, 1.165) is 0 Å². The van der Waals surface area contributed by atoms with Gasteiger partial charge in [-0.2, -0.15) is 0 Å². The Hall–Kier alpha value is -1.30. The maximum Gasteiger partial charge on any atom is 0.323 e. The summed E-state index contributed by atoms with van der Waals surface area (Å²) in [6, 6.07) is -0.551. The molecule has 0 aromatic heterocycles. The molecule has 0 saturated heterocycles. The number of hydrogen-bond acceptors (Lipinski definition) is 4. The lowest BCUT2D eigenvalue weighted by molar-refractivity contribution is -0.143. The number of alkyl halides is 1. The fourth-order valence-corrected chi connectivity index (χ4v) is 1.13. The van der Waals surface area contributed by atoms with Crippen LogP contribution in [-0.2, 0) is 14.3 Å². The number of rotatable bonds is 6. The van der Waals surface area contributed by atoms with Crippen molar-refractivity contribution in [1.29, 1.82) is 0 Å². The van der Waals surface area contributed by atoms with Crippen molar-refractivity contribution >= 4 is 29.5 Å². The minimum atomic E-state index is -0.551. The Morgan fingerprint density at radius 3 is 2.47 bits per heavy atom. The van der Waals surface area contributed by atoms with E-state index in [0.29, 0.717) is 6.61 Å². The molecule has 0 atom stereocenters. The van der Waals surface area contributed by atoms with Gasteiger partial charge in [-0.3, -0.25) is 14.9 Å². The molecule has 0 aliphatic carbocycles. The topological polar surface area (TPSA) is 75.7 Å². The molecule has 0 spiro atoms. The van der Waals surface area contributed by atoms with E-state index in [2.05, 4.69) is 5.32 Å². The number of nitrogens with zero attached hydrogens (tertiary/aromatic N) is 1. The van der Waals surface area contributed by atoms with Gasteiger partial charge >= 0.3 is 12.0 Å². The van der Waals surface area contributed by atoms with E-state index in [1.54, 1.807) is 6.92 Å². The normalized spacial score (nSPS) is 9.59. The monoisotopic (exact) mass is 264 g/mol. The second-order valence-corrected chi connectivity index (χ2v) is 3.65. The number of urea groups is 1. The van der Waals surface area contributed by atoms with Crippen molar-refractivity contribution in [2.75, 3.05) is 26.1 Å². The molecule has 6 nitrogen and oxygen atoms in total. The maximum absolute atomic E-state index is 11.4. The van der Waals surface area contributed by atoms with E-state index in [1.165, 1.54) is 11.9 Å². The molecule has 7 heteroatoms. The number of esters is 1. The summed E-state index contributed by atoms with van der Waals surface area (Å²) in [5.74, 6) is -0.654. The fraction of sp³-hybridized carbons (Fsp3) is 0.700. The number of halogens is 1. The van der Waals surface area contributed by atoms with E-state index in [4.69, 9.17) is 16.3 Å². The largest absolute Gasteiger partial charge is 0.466 e. The lowest BCUT2D eigenvalue weighted by atomic mass is 10.4. The smallest absolute Gasteiger partial charge is 0.323 e. The lowest BCUT2D eigenvalue weighted by Crippen LogP contribution is -2.41. The minimum Gasteiger partial charge on any atom is -0.466 e. The number of carbonyl (C=O) groups excluding carboxylic acids is 3. The fourth-order valence-electron chi connectivity index (χ4n) is 0.957. The Morgan fingerprint density at radius 2 is 1.94 bits per heavy atom. The third-order valence-electron chi connectivity index (χ3n) is 1.87. The van der Waals surface area contributed by atoms with Gasteiger partial charge < -0.3 is 9.64 Å². The molecular weight excluding hydrogens is 248 g/mol. The minimum absolute atomic E-state index is 0.0824. The number of hydrogen-bond donors (Lipinski definition) is 1. The predicted octanol–water partition coefficient (Wildman–Crippen LogP) is 0.737. The first kappa shape index (κ1) is 15.7. The number of nitrogens with one attached hydrogen (secondary N) is 1. The van der Waals surface area contributed by atoms with Crippen LogP contribution >= 0.6 is 11.6 Å². The molecule has 1 N–H and O–H groups in total. The summed E-state index contributed by atoms with van der Waals surface area (Å²) in [5.41, 5.74) is 0. The van der Waals surface area contributed by atoms with Crippen molar-refractivity contribution in [3.8, 4) is 0 Å². The number of ether oxygens (including phenoxy) is 1. The first-order chi connectivity index (χ1) is 8.01. The SMILES string of the molecule is CCOC(=O)CCN(C)C(=O)NC(=O)CCCl. The molecule has 0 aliphatic rings. The third-order valence-corrected chi connectivity index (χ3v) is 2.06. The van der Waals surface area contributed by atoms with E-state index >= 15 is 0 Å². The highest BCUT2D eigenvalue weighted by atomic mass is 35.5. The highest BCUT2D eigenvalue weighted by molar-refractivity contribution is 6.19. The summed E-state index contributed by atoms with van der Waals surface area (Å²) in [4.78, 5) is 34.7. The average Bonchev–Trinajstić information content (AvgIpc) is 2.26. The van der Waals surface area contributed by atoms with Gasteiger partial charge in [0.05, 0.1) is 13.0 Å². The van der Waals surface area contributed by atoms with Gasteiger partial charge in [-0.1, -0.05) is 0 Å². The molecule has 0 unspecified atom stereocenters. The Labute approximate surface area is 105 Å². The van der Waals surface area contributed by atoms with E-state index in [-0.39, 0.29) is 31.2 Å². The second kappa shape index (κ2) is 8.81. The van der Waals surface area contributed by atoms with Crippen molar-refractivity contribution in [2.45, 2.75) is 19.8 Å². The Kier molecular flexibility index (Phi) is 8.13. The van der Waals surface area contributed by atoms with Crippen LogP contribution in [0.2, 0.25) is 0 Å². The van der Waals surface area contributed by atoms with Gasteiger partial charge in [0.1, 0.15) is 0 Å². The predicted molar refractivity (Wildman–Crippen MR) is 62.8 cm³/mol. The number of amides is 3. The van der Waals surface area contributed by atoms with Gasteiger partial charge in [-0.05, 0) is 6.92 Å². The van der Waals surface area contributed by atoms with Crippen LogP contribution in [-0.4, -0.2) is 48.9 Å². The van der Waals surface area contributed by atoms with Crippen LogP contribution in [0.1, 0.15) is 19.8 Å². The zero-order valence-electron chi connectivity index (χ0n) is 9.99. The first-order valence-electron chi connectivity index (χ1n) is 5.27. The Morgan fingerprint density at radius 1 is 1.29 bits per heavy atom. The highest BCUT2D eigenvalue weighted by Crippen LogP contribution is 1.93. The van der Waals surface area contributed by atoms with Gasteiger partial charge in [0.25, 0.3) is 0 Å². The summed E-state index contributed by atoms with van der Waals surface area (Å²) in [6.07, 6.45) is 0.181. The molecule has 3 amide bonds. The van der Waals surface area contributed by atoms with Gasteiger partial charge in [0.15, 0.2) is 0 Å². The van der Waals surface area contributed by atoms with Crippen LogP contribution in [0.3, 0.4) is 0 Å². The summed E-state index contributed by atoms with van der Waals surface area (Å²) in [7, 11) is 1.49. The molecule has 0 fully saturated rings. The standard InChI is InChI=1S/C10H17ClN2O4/c1-3-17-9(15)5-7-13(2)10(16)12-8(14)4-6-11/h3-7H2,1-2H3,(H,12,14,16). The molecule has 0 aliphatic heterocycles. The van der Waals surface area contributed by atoms with Crippen LogP contribution in [0, 0.1) is 0 Å². The van der Waals surface area contributed by atoms with E-state index in [9.17, 15) is 14.4 Å². The van der Waals surface area contributed by atoms with Gasteiger partial charge in [-0.25, -0.2) is 4.79 Å². The van der Waals surface area contributed by atoms with Gasteiger partial charge in [0, 0.05) is 25.9 Å². The molecule has 0 heterocycles. The molecule has 0 aromatic rings. The van der Waals surface area contributed by atoms with Crippen LogP contribution in [0.4, 0.5) is 4.79 Å². The summed E-state index contributed by atoms with van der Waals surface area (Å²) in [6.45, 7) is 2.21. The highest BCUT2D eigenvalue weighted by Gasteiger charge is 2.13. The van der Waals surface area contributed by atoms with Crippen LogP contribution in [0.5, 0.6) is 0 Å². The number of carbonyl (C=O) groups is 3. The first-order valence-corrected chi connectivity index (χ1v) is 5.81. The molecule has 0 saturated carbocycles. The Bertz CT molecular complexity index is 283. The second-order valence-electron chi connectivity index (χ2n) is 3.27. The van der Waals surface area contributed by atoms with Crippen LogP contribution in [0.15, 0.2) is 0 Å². The van der Waals surface area contributed by atoms with Crippen molar-refractivity contribution in [1.82, 2.24) is 10.2 Å². The molecule has 0 rings (SSSR count).